The minimum Gasteiger partial charge on any atom is -0.477 e. The third-order valence-electron chi connectivity index (χ3n) is 2.59. The number of rotatable bonds is 9. The molecule has 0 aliphatic rings. The van der Waals surface area contributed by atoms with Gasteiger partial charge in [0.05, 0.1) is 31.3 Å². The number of aliphatic hydroxyl groups is 1. The summed E-state index contributed by atoms with van der Waals surface area (Å²) >= 11 is 0. The minimum atomic E-state index is -0.0787. The predicted octanol–water partition coefficient (Wildman–Crippen LogP) is 2.71. The number of aliphatic hydroxyl groups excluding tert-OH is 1. The van der Waals surface area contributed by atoms with Crippen LogP contribution in [0.1, 0.15) is 51.1 Å². The Kier molecular flexibility index (Phi) is 7.30. The lowest BCUT2D eigenvalue weighted by molar-refractivity contribution is 0.272. The molecule has 0 radical (unpaired) electrons. The normalized spacial score (nSPS) is 10.5. The fraction of sp³-hybridized carbons (Fsp3) is 0.692. The van der Waals surface area contributed by atoms with Gasteiger partial charge in [-0.25, -0.2) is 4.98 Å². The highest BCUT2D eigenvalue weighted by Gasteiger charge is 1.97. The van der Waals surface area contributed by atoms with Crippen LogP contribution >= 0.6 is 0 Å². The summed E-state index contributed by atoms with van der Waals surface area (Å²) in [5, 5.41) is 8.80. The zero-order valence-electron chi connectivity index (χ0n) is 10.6. The maximum absolute atomic E-state index is 8.80. The summed E-state index contributed by atoms with van der Waals surface area (Å²) in [5.74, 6) is 0.538. The molecule has 0 fully saturated rings. The summed E-state index contributed by atoms with van der Waals surface area (Å²) in [5.41, 5.74) is 0.567. The molecule has 1 aromatic rings. The van der Waals surface area contributed by atoms with Crippen LogP contribution in [0.25, 0.3) is 0 Å². The van der Waals surface area contributed by atoms with Gasteiger partial charge in [0.2, 0.25) is 5.88 Å². The van der Waals surface area contributed by atoms with E-state index in [0.717, 1.165) is 6.42 Å². The average molecular weight is 238 g/mol. The molecule has 0 unspecified atom stereocenters. The number of hydrogen-bond donors (Lipinski definition) is 1. The molecule has 0 bridgehead atoms. The third kappa shape index (κ3) is 6.22. The van der Waals surface area contributed by atoms with Gasteiger partial charge in [-0.2, -0.15) is 0 Å². The molecule has 1 heterocycles. The third-order valence-corrected chi connectivity index (χ3v) is 2.59. The van der Waals surface area contributed by atoms with E-state index in [0.29, 0.717) is 18.2 Å². The minimum absolute atomic E-state index is 0.0787. The van der Waals surface area contributed by atoms with Gasteiger partial charge < -0.3 is 9.84 Å². The molecule has 4 heteroatoms. The standard InChI is InChI=1S/C13H22N2O2/c1-2-3-4-5-6-7-8-17-13-10-14-12(11-16)9-15-13/h9-10,16H,2-8,11H2,1H3. The average Bonchev–Trinajstić information content (AvgIpc) is 2.38. The van der Waals surface area contributed by atoms with Crippen molar-refractivity contribution in [2.24, 2.45) is 0 Å². The Hall–Kier alpha value is -1.16. The van der Waals surface area contributed by atoms with Gasteiger partial charge in [0.25, 0.3) is 0 Å². The Bertz CT molecular complexity index is 288. The lowest BCUT2D eigenvalue weighted by Crippen LogP contribution is -2.00. The van der Waals surface area contributed by atoms with E-state index in [1.165, 1.54) is 38.3 Å². The first kappa shape index (κ1) is 13.9. The monoisotopic (exact) mass is 238 g/mol. The van der Waals surface area contributed by atoms with Crippen LogP contribution in [-0.2, 0) is 6.61 Å². The predicted molar refractivity (Wildman–Crippen MR) is 66.8 cm³/mol. The first-order chi connectivity index (χ1) is 8.36. The van der Waals surface area contributed by atoms with Crippen molar-refractivity contribution in [3.63, 3.8) is 0 Å². The lowest BCUT2D eigenvalue weighted by atomic mass is 10.1. The van der Waals surface area contributed by atoms with Crippen LogP contribution in [0.2, 0.25) is 0 Å². The number of hydrogen-bond acceptors (Lipinski definition) is 4. The first-order valence-electron chi connectivity index (χ1n) is 6.41. The smallest absolute Gasteiger partial charge is 0.232 e. The van der Waals surface area contributed by atoms with Crippen LogP contribution in [0, 0.1) is 0 Å². The van der Waals surface area contributed by atoms with Gasteiger partial charge in [-0.15, -0.1) is 0 Å². The van der Waals surface area contributed by atoms with Crippen molar-refractivity contribution in [2.75, 3.05) is 6.61 Å². The van der Waals surface area contributed by atoms with E-state index in [1.807, 2.05) is 0 Å². The SMILES string of the molecule is CCCCCCCCOc1cnc(CO)cn1. The molecule has 0 amide bonds. The van der Waals surface area contributed by atoms with E-state index >= 15 is 0 Å². The fourth-order valence-electron chi connectivity index (χ4n) is 1.56. The molecule has 4 nitrogen and oxygen atoms in total. The highest BCUT2D eigenvalue weighted by atomic mass is 16.5. The fourth-order valence-corrected chi connectivity index (χ4v) is 1.56. The Morgan fingerprint density at radius 3 is 2.47 bits per heavy atom. The van der Waals surface area contributed by atoms with Crippen LogP contribution in [0.5, 0.6) is 5.88 Å². The Morgan fingerprint density at radius 2 is 1.82 bits per heavy atom. The molecule has 17 heavy (non-hydrogen) atoms. The molecule has 0 atom stereocenters. The van der Waals surface area contributed by atoms with Crippen LogP contribution in [0.4, 0.5) is 0 Å². The van der Waals surface area contributed by atoms with Crippen LogP contribution < -0.4 is 4.74 Å². The topological polar surface area (TPSA) is 55.2 Å². The maximum atomic E-state index is 8.80. The summed E-state index contributed by atoms with van der Waals surface area (Å²) in [6, 6.07) is 0. The molecular weight excluding hydrogens is 216 g/mol. The van der Waals surface area contributed by atoms with Gasteiger partial charge in [0.1, 0.15) is 0 Å². The van der Waals surface area contributed by atoms with Gasteiger partial charge in [-0.3, -0.25) is 4.98 Å². The molecule has 0 saturated carbocycles. The van der Waals surface area contributed by atoms with Crippen molar-refractivity contribution in [1.82, 2.24) is 9.97 Å². The molecular formula is C13H22N2O2. The van der Waals surface area contributed by atoms with Gasteiger partial charge in [-0.05, 0) is 6.42 Å². The number of aromatic nitrogens is 2. The molecule has 0 saturated heterocycles. The van der Waals surface area contributed by atoms with Crippen LogP contribution in [0.3, 0.4) is 0 Å². The molecule has 96 valence electrons. The quantitative estimate of drug-likeness (QED) is 0.672. The molecule has 0 aliphatic carbocycles. The van der Waals surface area contributed by atoms with Crippen molar-refractivity contribution in [1.29, 1.82) is 0 Å². The van der Waals surface area contributed by atoms with E-state index in [1.54, 1.807) is 6.20 Å². The highest BCUT2D eigenvalue weighted by molar-refractivity contribution is 5.06. The van der Waals surface area contributed by atoms with Crippen LogP contribution in [0.15, 0.2) is 12.4 Å². The van der Waals surface area contributed by atoms with Crippen molar-refractivity contribution >= 4 is 0 Å². The summed E-state index contributed by atoms with van der Waals surface area (Å²) in [7, 11) is 0. The van der Waals surface area contributed by atoms with E-state index in [2.05, 4.69) is 16.9 Å². The van der Waals surface area contributed by atoms with E-state index in [9.17, 15) is 0 Å². The molecule has 1 N–H and O–H groups in total. The van der Waals surface area contributed by atoms with Gasteiger partial charge in [0, 0.05) is 0 Å². The van der Waals surface area contributed by atoms with Gasteiger partial charge >= 0.3 is 0 Å². The van der Waals surface area contributed by atoms with E-state index in [4.69, 9.17) is 9.84 Å². The van der Waals surface area contributed by atoms with Crippen molar-refractivity contribution in [3.8, 4) is 5.88 Å². The number of unbranched alkanes of at least 4 members (excludes halogenated alkanes) is 5. The zero-order chi connectivity index (χ0) is 12.3. The second kappa shape index (κ2) is 8.93. The second-order valence-corrected chi connectivity index (χ2v) is 4.12. The van der Waals surface area contributed by atoms with Crippen molar-refractivity contribution < 1.29 is 9.84 Å². The molecule has 0 aromatic carbocycles. The Morgan fingerprint density at radius 1 is 1.06 bits per heavy atom. The van der Waals surface area contributed by atoms with Gasteiger partial charge in [-0.1, -0.05) is 39.0 Å². The summed E-state index contributed by atoms with van der Waals surface area (Å²) < 4.78 is 5.46. The largest absolute Gasteiger partial charge is 0.477 e. The Labute approximate surface area is 103 Å². The summed E-state index contributed by atoms with van der Waals surface area (Å²) in [6.07, 6.45) is 10.6. The molecule has 0 aliphatic heterocycles. The molecule has 1 rings (SSSR count). The first-order valence-corrected chi connectivity index (χ1v) is 6.41. The molecule has 1 aromatic heterocycles. The van der Waals surface area contributed by atoms with Crippen LogP contribution in [-0.4, -0.2) is 21.7 Å². The zero-order valence-corrected chi connectivity index (χ0v) is 10.6. The second-order valence-electron chi connectivity index (χ2n) is 4.12. The highest BCUT2D eigenvalue weighted by Crippen LogP contribution is 2.07. The van der Waals surface area contributed by atoms with Crippen molar-refractivity contribution in [3.05, 3.63) is 18.1 Å². The molecule has 0 spiro atoms. The van der Waals surface area contributed by atoms with Gasteiger partial charge in [0.15, 0.2) is 0 Å². The number of nitrogens with zero attached hydrogens (tertiary/aromatic N) is 2. The van der Waals surface area contributed by atoms with E-state index in [-0.39, 0.29) is 6.61 Å². The van der Waals surface area contributed by atoms with Crippen molar-refractivity contribution in [2.45, 2.75) is 52.1 Å². The maximum Gasteiger partial charge on any atom is 0.232 e. The number of ether oxygens (including phenoxy) is 1. The van der Waals surface area contributed by atoms with E-state index < -0.39 is 0 Å². The summed E-state index contributed by atoms with van der Waals surface area (Å²) in [6.45, 7) is 2.84. The Balaban J connectivity index is 2.05. The lowest BCUT2D eigenvalue weighted by Gasteiger charge is -2.05. The summed E-state index contributed by atoms with van der Waals surface area (Å²) in [4.78, 5) is 8.05.